The van der Waals surface area contributed by atoms with Crippen LogP contribution in [0.4, 0.5) is 0 Å². The number of ether oxygens (including phenoxy) is 1. The van der Waals surface area contributed by atoms with Crippen LogP contribution >= 0.6 is 0 Å². The molecule has 0 fully saturated rings. The molecule has 1 heterocycles. The van der Waals surface area contributed by atoms with E-state index >= 15 is 0 Å². The van der Waals surface area contributed by atoms with Crippen LogP contribution in [-0.2, 0) is 4.74 Å². The lowest BCUT2D eigenvalue weighted by Crippen LogP contribution is -2.09. The summed E-state index contributed by atoms with van der Waals surface area (Å²) in [5, 5.41) is 0. The van der Waals surface area contributed by atoms with E-state index in [1.54, 1.807) is 12.3 Å². The number of nitrogens with zero attached hydrogens (tertiary/aromatic N) is 2. The molecule has 0 spiro atoms. The van der Waals surface area contributed by atoms with Gasteiger partial charge in [0.2, 0.25) is 0 Å². The van der Waals surface area contributed by atoms with E-state index in [2.05, 4.69) is 28.6 Å². The van der Waals surface area contributed by atoms with Crippen LogP contribution in [0.5, 0.6) is 0 Å². The first kappa shape index (κ1) is 15.6. The average Bonchev–Trinajstić information content (AvgIpc) is 2.46. The van der Waals surface area contributed by atoms with Crippen molar-refractivity contribution in [2.75, 3.05) is 7.11 Å². The van der Waals surface area contributed by atoms with Gasteiger partial charge in [0.25, 0.3) is 0 Å². The van der Waals surface area contributed by atoms with Gasteiger partial charge in [-0.3, -0.25) is 0 Å². The Balaban J connectivity index is 2.47. The fourth-order valence-corrected chi connectivity index (χ4v) is 2.01. The van der Waals surface area contributed by atoms with Crippen LogP contribution in [0.2, 0.25) is 0 Å². The zero-order valence-corrected chi connectivity index (χ0v) is 12.2. The van der Waals surface area contributed by atoms with Crippen LogP contribution in [0.1, 0.15) is 74.6 Å². The topological polar surface area (TPSA) is 52.1 Å². The Labute approximate surface area is 115 Å². The second kappa shape index (κ2) is 8.62. The van der Waals surface area contributed by atoms with Gasteiger partial charge in [0.1, 0.15) is 5.82 Å². The number of methoxy groups -OCH3 is 1. The molecule has 1 unspecified atom stereocenters. The molecule has 106 valence electrons. The van der Waals surface area contributed by atoms with Gasteiger partial charge in [-0.05, 0) is 12.5 Å². The third kappa shape index (κ3) is 5.37. The predicted molar refractivity (Wildman–Crippen MR) is 75.2 cm³/mol. The number of aromatic nitrogens is 2. The van der Waals surface area contributed by atoms with Crippen molar-refractivity contribution in [2.45, 2.75) is 58.3 Å². The first-order valence-corrected chi connectivity index (χ1v) is 7.10. The largest absolute Gasteiger partial charge is 0.464 e. The van der Waals surface area contributed by atoms with Gasteiger partial charge in [0, 0.05) is 12.1 Å². The molecule has 0 radical (unpaired) electrons. The monoisotopic (exact) mass is 264 g/mol. The molecular weight excluding hydrogens is 240 g/mol. The minimum atomic E-state index is -0.404. The molecule has 0 aliphatic heterocycles. The van der Waals surface area contributed by atoms with Crippen molar-refractivity contribution in [3.05, 3.63) is 23.8 Å². The Bertz CT molecular complexity index is 393. The first-order valence-electron chi connectivity index (χ1n) is 7.10. The number of hydrogen-bond donors (Lipinski definition) is 0. The molecule has 19 heavy (non-hydrogen) atoms. The van der Waals surface area contributed by atoms with Gasteiger partial charge in [-0.25, -0.2) is 14.8 Å². The lowest BCUT2D eigenvalue weighted by Gasteiger charge is -2.10. The van der Waals surface area contributed by atoms with E-state index in [1.807, 2.05) is 0 Å². The van der Waals surface area contributed by atoms with Crippen LogP contribution in [0.25, 0.3) is 0 Å². The lowest BCUT2D eigenvalue weighted by molar-refractivity contribution is 0.0593. The minimum absolute atomic E-state index is 0.284. The SMILES string of the molecule is CCCCCCCC(C)c1nccc(C(=O)OC)n1. The summed E-state index contributed by atoms with van der Waals surface area (Å²) in [5.74, 6) is 0.614. The summed E-state index contributed by atoms with van der Waals surface area (Å²) < 4.78 is 4.67. The van der Waals surface area contributed by atoms with Crippen molar-refractivity contribution in [3.8, 4) is 0 Å². The third-order valence-electron chi connectivity index (χ3n) is 3.25. The highest BCUT2D eigenvalue weighted by molar-refractivity contribution is 5.86. The van der Waals surface area contributed by atoms with Crippen LogP contribution in [0, 0.1) is 0 Å². The molecule has 4 heteroatoms. The minimum Gasteiger partial charge on any atom is -0.464 e. The summed E-state index contributed by atoms with van der Waals surface area (Å²) in [4.78, 5) is 19.9. The number of esters is 1. The molecule has 0 saturated carbocycles. The molecule has 0 aliphatic rings. The van der Waals surface area contributed by atoms with Crippen molar-refractivity contribution < 1.29 is 9.53 Å². The zero-order chi connectivity index (χ0) is 14.1. The summed E-state index contributed by atoms with van der Waals surface area (Å²) in [7, 11) is 1.36. The van der Waals surface area contributed by atoms with Crippen molar-refractivity contribution in [1.82, 2.24) is 9.97 Å². The summed E-state index contributed by atoms with van der Waals surface area (Å²) in [6, 6.07) is 1.59. The van der Waals surface area contributed by atoms with Crippen molar-refractivity contribution in [3.63, 3.8) is 0 Å². The average molecular weight is 264 g/mol. The number of unbranched alkanes of at least 4 members (excludes halogenated alkanes) is 4. The van der Waals surface area contributed by atoms with Gasteiger partial charge < -0.3 is 4.74 Å². The van der Waals surface area contributed by atoms with Crippen molar-refractivity contribution >= 4 is 5.97 Å². The summed E-state index contributed by atoms with van der Waals surface area (Å²) >= 11 is 0. The smallest absolute Gasteiger partial charge is 0.356 e. The molecule has 0 saturated heterocycles. The van der Waals surface area contributed by atoms with E-state index < -0.39 is 5.97 Å². The van der Waals surface area contributed by atoms with E-state index in [1.165, 1.54) is 39.2 Å². The molecule has 0 amide bonds. The van der Waals surface area contributed by atoms with Gasteiger partial charge in [-0.1, -0.05) is 46.0 Å². The summed E-state index contributed by atoms with van der Waals surface area (Å²) in [5.41, 5.74) is 0.338. The predicted octanol–water partition coefficient (Wildman–Crippen LogP) is 3.73. The van der Waals surface area contributed by atoms with Crippen LogP contribution in [-0.4, -0.2) is 23.0 Å². The number of carbonyl (C=O) groups is 1. The molecule has 0 aromatic carbocycles. The van der Waals surface area contributed by atoms with Gasteiger partial charge in [0.05, 0.1) is 7.11 Å². The summed E-state index contributed by atoms with van der Waals surface area (Å²) in [6.45, 7) is 4.32. The van der Waals surface area contributed by atoms with Crippen molar-refractivity contribution in [1.29, 1.82) is 0 Å². The maximum Gasteiger partial charge on any atom is 0.356 e. The first-order chi connectivity index (χ1) is 9.19. The molecule has 4 nitrogen and oxygen atoms in total. The number of rotatable bonds is 8. The highest BCUT2D eigenvalue weighted by Crippen LogP contribution is 2.19. The third-order valence-corrected chi connectivity index (χ3v) is 3.25. The highest BCUT2D eigenvalue weighted by atomic mass is 16.5. The molecule has 0 N–H and O–H groups in total. The maximum absolute atomic E-state index is 11.4. The lowest BCUT2D eigenvalue weighted by atomic mass is 10.0. The molecule has 1 aromatic heterocycles. The second-order valence-electron chi connectivity index (χ2n) is 4.90. The maximum atomic E-state index is 11.4. The van der Waals surface area contributed by atoms with Gasteiger partial charge in [0.15, 0.2) is 5.69 Å². The Morgan fingerprint density at radius 3 is 2.74 bits per heavy atom. The Kier molecular flexibility index (Phi) is 7.08. The van der Waals surface area contributed by atoms with Gasteiger partial charge in [-0.2, -0.15) is 0 Å². The Morgan fingerprint density at radius 2 is 2.05 bits per heavy atom. The fraction of sp³-hybridized carbons (Fsp3) is 0.667. The Morgan fingerprint density at radius 1 is 1.32 bits per heavy atom. The molecule has 1 aromatic rings. The second-order valence-corrected chi connectivity index (χ2v) is 4.90. The zero-order valence-electron chi connectivity index (χ0n) is 12.2. The highest BCUT2D eigenvalue weighted by Gasteiger charge is 2.12. The number of hydrogen-bond acceptors (Lipinski definition) is 4. The molecule has 0 aliphatic carbocycles. The molecule has 0 bridgehead atoms. The van der Waals surface area contributed by atoms with E-state index in [4.69, 9.17) is 0 Å². The molecular formula is C15H24N2O2. The number of carbonyl (C=O) groups excluding carboxylic acids is 1. The van der Waals surface area contributed by atoms with E-state index in [0.717, 1.165) is 12.2 Å². The summed E-state index contributed by atoms with van der Waals surface area (Å²) in [6.07, 6.45) is 9.01. The molecule has 1 atom stereocenters. The standard InChI is InChI=1S/C15H24N2O2/c1-4-5-6-7-8-9-12(2)14-16-11-10-13(17-14)15(18)19-3/h10-12H,4-9H2,1-3H3. The fourth-order valence-electron chi connectivity index (χ4n) is 2.01. The van der Waals surface area contributed by atoms with Crippen molar-refractivity contribution in [2.24, 2.45) is 0 Å². The normalized spacial score (nSPS) is 12.2. The van der Waals surface area contributed by atoms with Gasteiger partial charge >= 0.3 is 5.97 Å². The van der Waals surface area contributed by atoms with Crippen LogP contribution in [0.3, 0.4) is 0 Å². The Hall–Kier alpha value is -1.45. The van der Waals surface area contributed by atoms with E-state index in [9.17, 15) is 4.79 Å². The van der Waals surface area contributed by atoms with E-state index in [-0.39, 0.29) is 5.92 Å². The van der Waals surface area contributed by atoms with E-state index in [0.29, 0.717) is 5.69 Å². The van der Waals surface area contributed by atoms with Crippen LogP contribution in [0.15, 0.2) is 12.3 Å². The van der Waals surface area contributed by atoms with Crippen LogP contribution < -0.4 is 0 Å². The molecule has 1 rings (SSSR count). The van der Waals surface area contributed by atoms with Gasteiger partial charge in [-0.15, -0.1) is 0 Å². The quantitative estimate of drug-likeness (QED) is 0.530.